The van der Waals surface area contributed by atoms with Gasteiger partial charge in [0.1, 0.15) is 0 Å². The van der Waals surface area contributed by atoms with Gasteiger partial charge in [0, 0.05) is 12.0 Å². The summed E-state index contributed by atoms with van der Waals surface area (Å²) in [5.74, 6) is 0.713. The molecule has 0 aliphatic heterocycles. The molecule has 0 spiro atoms. The number of rotatable bonds is 9. The molecule has 0 saturated carbocycles. The highest BCUT2D eigenvalue weighted by Crippen LogP contribution is 2.35. The van der Waals surface area contributed by atoms with E-state index in [9.17, 15) is 0 Å². The summed E-state index contributed by atoms with van der Waals surface area (Å²) >= 11 is 0. The SMILES string of the molecule is CCCC(CCC)(CNCC(C)C)c1cc(C)cc(C)c1. The van der Waals surface area contributed by atoms with Gasteiger partial charge in [0.25, 0.3) is 0 Å². The van der Waals surface area contributed by atoms with E-state index in [1.165, 1.54) is 36.8 Å². The van der Waals surface area contributed by atoms with Crippen molar-refractivity contribution >= 4 is 0 Å². The second-order valence-electron chi connectivity index (χ2n) is 7.18. The molecule has 21 heavy (non-hydrogen) atoms. The molecule has 1 N–H and O–H groups in total. The maximum absolute atomic E-state index is 3.73. The molecule has 0 aliphatic rings. The van der Waals surface area contributed by atoms with Crippen molar-refractivity contribution in [1.82, 2.24) is 5.32 Å². The number of hydrogen-bond donors (Lipinski definition) is 1. The Morgan fingerprint density at radius 1 is 0.952 bits per heavy atom. The quantitative estimate of drug-likeness (QED) is 0.643. The topological polar surface area (TPSA) is 12.0 Å². The molecule has 0 atom stereocenters. The Kier molecular flexibility index (Phi) is 7.45. The van der Waals surface area contributed by atoms with Crippen LogP contribution in [-0.2, 0) is 5.41 Å². The number of benzene rings is 1. The average molecular weight is 290 g/mol. The fraction of sp³-hybridized carbons (Fsp3) is 0.700. The van der Waals surface area contributed by atoms with E-state index in [2.05, 4.69) is 65.1 Å². The lowest BCUT2D eigenvalue weighted by Crippen LogP contribution is -2.39. The van der Waals surface area contributed by atoms with Crippen LogP contribution in [0.15, 0.2) is 18.2 Å². The summed E-state index contributed by atoms with van der Waals surface area (Å²) in [6.07, 6.45) is 5.04. The minimum atomic E-state index is 0.301. The maximum Gasteiger partial charge on any atom is 0.00777 e. The van der Waals surface area contributed by atoms with Crippen molar-refractivity contribution in [3.63, 3.8) is 0 Å². The lowest BCUT2D eigenvalue weighted by atomic mass is 9.72. The van der Waals surface area contributed by atoms with Crippen LogP contribution in [0.5, 0.6) is 0 Å². The number of aryl methyl sites for hydroxylation is 2. The first-order valence-corrected chi connectivity index (χ1v) is 8.73. The number of nitrogens with one attached hydrogen (secondary N) is 1. The molecule has 120 valence electrons. The smallest absolute Gasteiger partial charge is 0.00777 e. The Labute approximate surface area is 132 Å². The summed E-state index contributed by atoms with van der Waals surface area (Å²) in [5, 5.41) is 3.73. The molecule has 0 fully saturated rings. The molecule has 0 amide bonds. The van der Waals surface area contributed by atoms with E-state index >= 15 is 0 Å². The molecule has 1 aromatic rings. The van der Waals surface area contributed by atoms with Crippen LogP contribution in [0.2, 0.25) is 0 Å². The van der Waals surface area contributed by atoms with Crippen LogP contribution in [-0.4, -0.2) is 13.1 Å². The molecular formula is C20H35N. The fourth-order valence-electron chi connectivity index (χ4n) is 3.53. The van der Waals surface area contributed by atoms with Gasteiger partial charge in [0.05, 0.1) is 0 Å². The Balaban J connectivity index is 3.07. The standard InChI is InChI=1S/C20H35N/c1-7-9-20(10-8-2,15-21-14-16(3)4)19-12-17(5)11-18(6)13-19/h11-13,16,21H,7-10,14-15H2,1-6H3. The zero-order valence-corrected chi connectivity index (χ0v) is 15.1. The third kappa shape index (κ3) is 5.47. The van der Waals surface area contributed by atoms with Gasteiger partial charge in [-0.1, -0.05) is 69.9 Å². The van der Waals surface area contributed by atoms with Crippen LogP contribution in [0.3, 0.4) is 0 Å². The predicted octanol–water partition coefficient (Wildman–Crippen LogP) is 5.39. The highest BCUT2D eigenvalue weighted by atomic mass is 14.9. The van der Waals surface area contributed by atoms with Crippen molar-refractivity contribution in [2.24, 2.45) is 5.92 Å². The van der Waals surface area contributed by atoms with E-state index in [1.807, 2.05) is 0 Å². The molecule has 0 unspecified atom stereocenters. The Morgan fingerprint density at radius 3 is 1.90 bits per heavy atom. The van der Waals surface area contributed by atoms with Gasteiger partial charge in [-0.05, 0) is 44.7 Å². The average Bonchev–Trinajstić information content (AvgIpc) is 2.37. The van der Waals surface area contributed by atoms with E-state index in [0.29, 0.717) is 11.3 Å². The van der Waals surface area contributed by atoms with Crippen LogP contribution >= 0.6 is 0 Å². The molecule has 0 heterocycles. The highest BCUT2D eigenvalue weighted by Gasteiger charge is 2.30. The summed E-state index contributed by atoms with van der Waals surface area (Å²) in [5.41, 5.74) is 4.63. The summed E-state index contributed by atoms with van der Waals surface area (Å²) in [6.45, 7) is 15.9. The zero-order chi connectivity index (χ0) is 15.9. The van der Waals surface area contributed by atoms with E-state index in [0.717, 1.165) is 13.1 Å². The van der Waals surface area contributed by atoms with Gasteiger partial charge in [-0.3, -0.25) is 0 Å². The normalized spacial score (nSPS) is 12.1. The summed E-state index contributed by atoms with van der Waals surface area (Å²) in [7, 11) is 0. The molecule has 0 saturated heterocycles. The Morgan fingerprint density at radius 2 is 1.48 bits per heavy atom. The van der Waals surface area contributed by atoms with Crippen LogP contribution in [0, 0.1) is 19.8 Å². The maximum atomic E-state index is 3.73. The lowest BCUT2D eigenvalue weighted by Gasteiger charge is -2.35. The second kappa shape index (κ2) is 8.58. The molecule has 1 heteroatoms. The first kappa shape index (κ1) is 18.2. The third-order valence-electron chi connectivity index (χ3n) is 4.31. The van der Waals surface area contributed by atoms with E-state index in [1.54, 1.807) is 5.56 Å². The first-order chi connectivity index (χ1) is 9.93. The molecule has 1 rings (SSSR count). The molecule has 1 nitrogen and oxygen atoms in total. The van der Waals surface area contributed by atoms with Crippen molar-refractivity contribution in [2.45, 2.75) is 72.6 Å². The molecule has 0 bridgehead atoms. The van der Waals surface area contributed by atoms with Gasteiger partial charge in [-0.2, -0.15) is 0 Å². The largest absolute Gasteiger partial charge is 0.316 e. The van der Waals surface area contributed by atoms with Crippen LogP contribution < -0.4 is 5.32 Å². The van der Waals surface area contributed by atoms with Gasteiger partial charge in [0.2, 0.25) is 0 Å². The summed E-state index contributed by atoms with van der Waals surface area (Å²) < 4.78 is 0. The summed E-state index contributed by atoms with van der Waals surface area (Å²) in [4.78, 5) is 0. The molecule has 0 radical (unpaired) electrons. The van der Waals surface area contributed by atoms with E-state index in [-0.39, 0.29) is 0 Å². The van der Waals surface area contributed by atoms with Crippen molar-refractivity contribution in [1.29, 1.82) is 0 Å². The number of hydrogen-bond acceptors (Lipinski definition) is 1. The van der Waals surface area contributed by atoms with E-state index < -0.39 is 0 Å². The molecule has 0 aliphatic carbocycles. The van der Waals surface area contributed by atoms with Crippen molar-refractivity contribution in [3.05, 3.63) is 34.9 Å². The van der Waals surface area contributed by atoms with E-state index in [4.69, 9.17) is 0 Å². The van der Waals surface area contributed by atoms with Crippen LogP contribution in [0.4, 0.5) is 0 Å². The second-order valence-corrected chi connectivity index (χ2v) is 7.18. The van der Waals surface area contributed by atoms with Crippen molar-refractivity contribution in [3.8, 4) is 0 Å². The fourth-order valence-corrected chi connectivity index (χ4v) is 3.53. The molecular weight excluding hydrogens is 254 g/mol. The van der Waals surface area contributed by atoms with Gasteiger partial charge in [0.15, 0.2) is 0 Å². The van der Waals surface area contributed by atoms with Gasteiger partial charge in [-0.25, -0.2) is 0 Å². The predicted molar refractivity (Wildman–Crippen MR) is 95.1 cm³/mol. The zero-order valence-electron chi connectivity index (χ0n) is 15.1. The highest BCUT2D eigenvalue weighted by molar-refractivity contribution is 5.34. The molecule has 1 aromatic carbocycles. The van der Waals surface area contributed by atoms with Crippen molar-refractivity contribution in [2.75, 3.05) is 13.1 Å². The van der Waals surface area contributed by atoms with Gasteiger partial charge in [-0.15, -0.1) is 0 Å². The van der Waals surface area contributed by atoms with Crippen LogP contribution in [0.1, 0.15) is 70.1 Å². The minimum Gasteiger partial charge on any atom is -0.316 e. The van der Waals surface area contributed by atoms with Gasteiger partial charge >= 0.3 is 0 Å². The first-order valence-electron chi connectivity index (χ1n) is 8.73. The lowest BCUT2D eigenvalue weighted by molar-refractivity contribution is 0.328. The minimum absolute atomic E-state index is 0.301. The van der Waals surface area contributed by atoms with Gasteiger partial charge < -0.3 is 5.32 Å². The monoisotopic (exact) mass is 289 g/mol. The third-order valence-corrected chi connectivity index (χ3v) is 4.31. The molecule has 0 aromatic heterocycles. The Hall–Kier alpha value is -0.820. The summed E-state index contributed by atoms with van der Waals surface area (Å²) in [6, 6.07) is 7.11. The van der Waals surface area contributed by atoms with Crippen LogP contribution in [0.25, 0.3) is 0 Å². The Bertz CT molecular complexity index is 394. The van der Waals surface area contributed by atoms with Crippen molar-refractivity contribution < 1.29 is 0 Å².